The maximum Gasteiger partial charge on any atom is 0.242 e. The highest BCUT2D eigenvalue weighted by molar-refractivity contribution is 7.99. The number of para-hydroxylation sites is 1. The van der Waals surface area contributed by atoms with E-state index in [1.807, 2.05) is 35.2 Å². The molecule has 2 heterocycles. The molecule has 5 nitrogen and oxygen atoms in total. The van der Waals surface area contributed by atoms with Crippen LogP contribution in [-0.4, -0.2) is 60.1 Å². The molecule has 1 fully saturated rings. The minimum absolute atomic E-state index is 0.0357. The zero-order valence-electron chi connectivity index (χ0n) is 15.9. The van der Waals surface area contributed by atoms with E-state index in [1.165, 1.54) is 5.56 Å². The molecule has 4 rings (SSSR count). The van der Waals surface area contributed by atoms with Crippen molar-refractivity contribution in [2.24, 2.45) is 0 Å². The van der Waals surface area contributed by atoms with Gasteiger partial charge in [0.05, 0.1) is 5.69 Å². The lowest BCUT2D eigenvalue weighted by Crippen LogP contribution is -2.51. The van der Waals surface area contributed by atoms with Gasteiger partial charge in [0.2, 0.25) is 11.8 Å². The van der Waals surface area contributed by atoms with Crippen molar-refractivity contribution in [3.8, 4) is 0 Å². The summed E-state index contributed by atoms with van der Waals surface area (Å²) in [6, 6.07) is 18.3. The van der Waals surface area contributed by atoms with Crippen LogP contribution in [-0.2, 0) is 16.1 Å². The molecule has 2 aliphatic heterocycles. The van der Waals surface area contributed by atoms with Gasteiger partial charge in [0, 0.05) is 49.8 Å². The van der Waals surface area contributed by atoms with Gasteiger partial charge in [0.25, 0.3) is 0 Å². The average molecular weight is 396 g/mol. The van der Waals surface area contributed by atoms with E-state index < -0.39 is 0 Å². The fraction of sp³-hybridized carbons (Fsp3) is 0.364. The topological polar surface area (TPSA) is 43.9 Å². The van der Waals surface area contributed by atoms with Crippen LogP contribution in [0.4, 0.5) is 5.69 Å². The zero-order chi connectivity index (χ0) is 19.3. The van der Waals surface area contributed by atoms with Gasteiger partial charge in [-0.05, 0) is 17.7 Å². The third kappa shape index (κ3) is 4.39. The number of rotatable bonds is 4. The molecule has 0 atom stereocenters. The molecule has 2 aromatic rings. The molecule has 0 unspecified atom stereocenters. The zero-order valence-corrected chi connectivity index (χ0v) is 16.7. The first-order valence-electron chi connectivity index (χ1n) is 9.77. The SMILES string of the molecule is O=C(CN1C(=O)CCSc2ccccc21)N1CCN(Cc2ccccc2)CC1. The van der Waals surface area contributed by atoms with Crippen molar-refractivity contribution in [1.29, 1.82) is 0 Å². The third-order valence-corrected chi connectivity index (χ3v) is 6.36. The second kappa shape index (κ2) is 8.80. The quantitative estimate of drug-likeness (QED) is 0.799. The van der Waals surface area contributed by atoms with Gasteiger partial charge in [0.1, 0.15) is 6.54 Å². The Morgan fingerprint density at radius 3 is 2.43 bits per heavy atom. The van der Waals surface area contributed by atoms with E-state index in [0.29, 0.717) is 19.5 Å². The van der Waals surface area contributed by atoms with Crippen LogP contribution in [0, 0.1) is 0 Å². The van der Waals surface area contributed by atoms with Crippen LogP contribution in [0.2, 0.25) is 0 Å². The first kappa shape index (κ1) is 19.0. The van der Waals surface area contributed by atoms with Crippen LogP contribution in [0.25, 0.3) is 0 Å². The van der Waals surface area contributed by atoms with E-state index in [1.54, 1.807) is 16.7 Å². The Morgan fingerprint density at radius 2 is 1.64 bits per heavy atom. The van der Waals surface area contributed by atoms with Crippen molar-refractivity contribution >= 4 is 29.3 Å². The predicted octanol–water partition coefficient (Wildman–Crippen LogP) is 2.86. The molecule has 0 spiro atoms. The number of hydrogen-bond acceptors (Lipinski definition) is 4. The smallest absolute Gasteiger partial charge is 0.242 e. The number of benzene rings is 2. The van der Waals surface area contributed by atoms with Gasteiger partial charge in [-0.25, -0.2) is 0 Å². The lowest BCUT2D eigenvalue weighted by molar-refractivity contribution is -0.133. The molecule has 0 aromatic heterocycles. The molecule has 0 bridgehead atoms. The molecule has 2 aliphatic rings. The van der Waals surface area contributed by atoms with Gasteiger partial charge in [-0.15, -0.1) is 11.8 Å². The van der Waals surface area contributed by atoms with Crippen molar-refractivity contribution in [3.63, 3.8) is 0 Å². The van der Waals surface area contributed by atoms with Crippen LogP contribution in [0.1, 0.15) is 12.0 Å². The van der Waals surface area contributed by atoms with Gasteiger partial charge in [-0.3, -0.25) is 14.5 Å². The maximum absolute atomic E-state index is 12.9. The summed E-state index contributed by atoms with van der Waals surface area (Å²) in [5.41, 5.74) is 2.16. The number of carbonyl (C=O) groups excluding carboxylic acids is 2. The Kier molecular flexibility index (Phi) is 5.98. The van der Waals surface area contributed by atoms with Crippen LogP contribution < -0.4 is 4.90 Å². The van der Waals surface area contributed by atoms with Crippen molar-refractivity contribution in [2.45, 2.75) is 17.9 Å². The normalized spacial score (nSPS) is 17.9. The third-order valence-electron chi connectivity index (χ3n) is 5.30. The minimum Gasteiger partial charge on any atom is -0.339 e. The largest absolute Gasteiger partial charge is 0.339 e. The number of piperazine rings is 1. The van der Waals surface area contributed by atoms with E-state index in [0.717, 1.165) is 36.0 Å². The molecule has 0 N–H and O–H groups in total. The van der Waals surface area contributed by atoms with Crippen molar-refractivity contribution in [2.75, 3.05) is 43.4 Å². The van der Waals surface area contributed by atoms with Crippen molar-refractivity contribution in [1.82, 2.24) is 9.80 Å². The van der Waals surface area contributed by atoms with Crippen molar-refractivity contribution in [3.05, 3.63) is 60.2 Å². The molecular formula is C22H25N3O2S. The summed E-state index contributed by atoms with van der Waals surface area (Å²) in [6.07, 6.45) is 0.470. The molecule has 6 heteroatoms. The van der Waals surface area contributed by atoms with E-state index in [4.69, 9.17) is 0 Å². The summed E-state index contributed by atoms with van der Waals surface area (Å²) in [5, 5.41) is 0. The second-order valence-electron chi connectivity index (χ2n) is 7.19. The molecule has 2 amide bonds. The number of hydrogen-bond donors (Lipinski definition) is 0. The number of amides is 2. The lowest BCUT2D eigenvalue weighted by Gasteiger charge is -2.36. The van der Waals surface area contributed by atoms with Crippen LogP contribution >= 0.6 is 11.8 Å². The Morgan fingerprint density at radius 1 is 0.929 bits per heavy atom. The summed E-state index contributed by atoms with van der Waals surface area (Å²) in [7, 11) is 0. The van der Waals surface area contributed by atoms with E-state index >= 15 is 0 Å². The Bertz CT molecular complexity index is 835. The number of thioether (sulfide) groups is 1. The highest BCUT2D eigenvalue weighted by Gasteiger charge is 2.28. The standard InChI is InChI=1S/C22H25N3O2S/c26-21-10-15-28-20-9-5-4-8-19(20)25(21)17-22(27)24-13-11-23(12-14-24)16-18-6-2-1-3-7-18/h1-9H,10-17H2. The molecule has 1 saturated heterocycles. The van der Waals surface area contributed by atoms with E-state index in [-0.39, 0.29) is 18.4 Å². The Balaban J connectivity index is 1.36. The number of carbonyl (C=O) groups is 2. The van der Waals surface area contributed by atoms with Crippen LogP contribution in [0.3, 0.4) is 0 Å². The van der Waals surface area contributed by atoms with Gasteiger partial charge in [-0.1, -0.05) is 42.5 Å². The molecule has 146 valence electrons. The molecule has 0 radical (unpaired) electrons. The average Bonchev–Trinajstić information content (AvgIpc) is 2.88. The molecule has 0 saturated carbocycles. The highest BCUT2D eigenvalue weighted by Crippen LogP contribution is 2.33. The van der Waals surface area contributed by atoms with Crippen LogP contribution in [0.5, 0.6) is 0 Å². The summed E-state index contributed by atoms with van der Waals surface area (Å²) in [6.45, 7) is 4.20. The summed E-state index contributed by atoms with van der Waals surface area (Å²) in [5.74, 6) is 0.835. The van der Waals surface area contributed by atoms with Crippen molar-refractivity contribution < 1.29 is 9.59 Å². The minimum atomic E-state index is 0.0357. The first-order chi connectivity index (χ1) is 13.7. The number of fused-ring (bicyclic) bond motifs is 1. The summed E-state index contributed by atoms with van der Waals surface area (Å²) >= 11 is 1.69. The second-order valence-corrected chi connectivity index (χ2v) is 8.33. The van der Waals surface area contributed by atoms with Gasteiger partial charge in [0.15, 0.2) is 0 Å². The molecule has 28 heavy (non-hydrogen) atoms. The summed E-state index contributed by atoms with van der Waals surface area (Å²) < 4.78 is 0. The Hall–Kier alpha value is -2.31. The summed E-state index contributed by atoms with van der Waals surface area (Å²) in [4.78, 5) is 32.5. The molecule has 2 aromatic carbocycles. The Labute approximate surface area is 170 Å². The number of anilines is 1. The predicted molar refractivity (Wildman–Crippen MR) is 112 cm³/mol. The van der Waals surface area contributed by atoms with Crippen LogP contribution in [0.15, 0.2) is 59.5 Å². The fourth-order valence-electron chi connectivity index (χ4n) is 3.73. The van der Waals surface area contributed by atoms with Gasteiger partial charge < -0.3 is 9.80 Å². The maximum atomic E-state index is 12.9. The highest BCUT2D eigenvalue weighted by atomic mass is 32.2. The monoisotopic (exact) mass is 395 g/mol. The lowest BCUT2D eigenvalue weighted by atomic mass is 10.2. The van der Waals surface area contributed by atoms with Gasteiger partial charge in [-0.2, -0.15) is 0 Å². The molecular weight excluding hydrogens is 370 g/mol. The first-order valence-corrected chi connectivity index (χ1v) is 10.8. The van der Waals surface area contributed by atoms with E-state index in [2.05, 4.69) is 29.2 Å². The number of nitrogens with zero attached hydrogens (tertiary/aromatic N) is 3. The van der Waals surface area contributed by atoms with Gasteiger partial charge >= 0.3 is 0 Å². The van der Waals surface area contributed by atoms with E-state index in [9.17, 15) is 9.59 Å². The fourth-order valence-corrected chi connectivity index (χ4v) is 4.72. The molecule has 0 aliphatic carbocycles.